The lowest BCUT2D eigenvalue weighted by Gasteiger charge is -2.09. The van der Waals surface area contributed by atoms with Crippen molar-refractivity contribution in [2.24, 2.45) is 0 Å². The van der Waals surface area contributed by atoms with Crippen LogP contribution in [0.1, 0.15) is 10.6 Å². The summed E-state index contributed by atoms with van der Waals surface area (Å²) in [6.07, 6.45) is 2.50. The number of aromatic nitrogens is 4. The van der Waals surface area contributed by atoms with Gasteiger partial charge in [-0.15, -0.1) is 10.2 Å². The van der Waals surface area contributed by atoms with Gasteiger partial charge in [0.15, 0.2) is 11.5 Å². The summed E-state index contributed by atoms with van der Waals surface area (Å²) in [6.45, 7) is 0.524. The molecule has 0 atom stereocenters. The van der Waals surface area contributed by atoms with Gasteiger partial charge in [0, 0.05) is 13.0 Å². The van der Waals surface area contributed by atoms with Gasteiger partial charge in [0.2, 0.25) is 10.9 Å². The number of fused-ring (bicyclic) bond motifs is 1. The molecule has 1 N–H and O–H groups in total. The van der Waals surface area contributed by atoms with Crippen molar-refractivity contribution in [3.63, 3.8) is 0 Å². The minimum Gasteiger partial charge on any atom is -0.493 e. The largest absolute Gasteiger partial charge is 0.493 e. The summed E-state index contributed by atoms with van der Waals surface area (Å²) in [6, 6.07) is 5.45. The van der Waals surface area contributed by atoms with Crippen molar-refractivity contribution in [1.29, 1.82) is 0 Å². The second-order valence-electron chi connectivity index (χ2n) is 5.02. The Bertz CT molecular complexity index is 816. The van der Waals surface area contributed by atoms with Gasteiger partial charge < -0.3 is 14.8 Å². The van der Waals surface area contributed by atoms with E-state index in [9.17, 15) is 4.79 Å². The minimum atomic E-state index is -0.0507. The SMILES string of the molecule is COc1ccc(CC(=O)NCCc2nn3cnnc3s2)cc1OC. The molecule has 8 nitrogen and oxygen atoms in total. The molecule has 1 amide bonds. The fourth-order valence-corrected chi connectivity index (χ4v) is 3.06. The third kappa shape index (κ3) is 3.62. The lowest BCUT2D eigenvalue weighted by atomic mass is 10.1. The number of methoxy groups -OCH3 is 2. The summed E-state index contributed by atoms with van der Waals surface area (Å²) in [5.74, 6) is 1.21. The number of carbonyl (C=O) groups excluding carboxylic acids is 1. The van der Waals surface area contributed by atoms with Crippen LogP contribution in [0.5, 0.6) is 11.5 Å². The lowest BCUT2D eigenvalue weighted by Crippen LogP contribution is -2.27. The number of amides is 1. The Morgan fingerprint density at radius 3 is 2.88 bits per heavy atom. The van der Waals surface area contributed by atoms with Crippen LogP contribution in [0.3, 0.4) is 0 Å². The van der Waals surface area contributed by atoms with Crippen molar-refractivity contribution >= 4 is 22.2 Å². The number of ether oxygens (including phenoxy) is 2. The molecule has 2 heterocycles. The quantitative estimate of drug-likeness (QED) is 0.688. The van der Waals surface area contributed by atoms with E-state index in [2.05, 4.69) is 20.6 Å². The van der Waals surface area contributed by atoms with Gasteiger partial charge in [-0.25, -0.2) is 0 Å². The summed E-state index contributed by atoms with van der Waals surface area (Å²) in [4.78, 5) is 12.8. The Hall–Kier alpha value is -2.68. The van der Waals surface area contributed by atoms with Crippen LogP contribution in [0.15, 0.2) is 24.5 Å². The predicted octanol–water partition coefficient (Wildman–Crippen LogP) is 1.10. The summed E-state index contributed by atoms with van der Waals surface area (Å²) in [5, 5.41) is 15.8. The number of hydrogen-bond acceptors (Lipinski definition) is 7. The number of carbonyl (C=O) groups is 1. The van der Waals surface area contributed by atoms with Crippen LogP contribution < -0.4 is 14.8 Å². The number of hydrogen-bond donors (Lipinski definition) is 1. The fraction of sp³-hybridized carbons (Fsp3) is 0.333. The third-order valence-electron chi connectivity index (χ3n) is 3.40. The monoisotopic (exact) mass is 347 g/mol. The van der Waals surface area contributed by atoms with E-state index < -0.39 is 0 Å². The Kier molecular flexibility index (Phi) is 4.90. The van der Waals surface area contributed by atoms with Crippen molar-refractivity contribution in [2.75, 3.05) is 20.8 Å². The van der Waals surface area contributed by atoms with Gasteiger partial charge in [-0.1, -0.05) is 17.4 Å². The Morgan fingerprint density at radius 1 is 1.29 bits per heavy atom. The highest BCUT2D eigenvalue weighted by atomic mass is 32.1. The van der Waals surface area contributed by atoms with Crippen LogP contribution in [-0.4, -0.2) is 46.5 Å². The van der Waals surface area contributed by atoms with Crippen molar-refractivity contribution in [1.82, 2.24) is 25.1 Å². The van der Waals surface area contributed by atoms with Gasteiger partial charge in [0.25, 0.3) is 0 Å². The van der Waals surface area contributed by atoms with E-state index in [-0.39, 0.29) is 12.3 Å². The Morgan fingerprint density at radius 2 is 2.12 bits per heavy atom. The molecule has 24 heavy (non-hydrogen) atoms. The summed E-state index contributed by atoms with van der Waals surface area (Å²) >= 11 is 1.47. The second-order valence-corrected chi connectivity index (χ2v) is 6.06. The van der Waals surface area contributed by atoms with Crippen LogP contribution in [0.25, 0.3) is 4.96 Å². The molecule has 0 aliphatic rings. The van der Waals surface area contributed by atoms with E-state index in [4.69, 9.17) is 9.47 Å². The highest BCUT2D eigenvalue weighted by molar-refractivity contribution is 7.16. The summed E-state index contributed by atoms with van der Waals surface area (Å²) < 4.78 is 12.1. The zero-order valence-corrected chi connectivity index (χ0v) is 14.2. The molecular formula is C15H17N5O3S. The average molecular weight is 347 g/mol. The topological polar surface area (TPSA) is 90.6 Å². The van der Waals surface area contributed by atoms with Crippen molar-refractivity contribution in [2.45, 2.75) is 12.8 Å². The lowest BCUT2D eigenvalue weighted by molar-refractivity contribution is -0.120. The maximum atomic E-state index is 12.1. The Labute approximate surface area is 142 Å². The van der Waals surface area contributed by atoms with E-state index in [1.54, 1.807) is 37.2 Å². The van der Waals surface area contributed by atoms with Crippen molar-refractivity contribution < 1.29 is 14.3 Å². The molecule has 0 bridgehead atoms. The zero-order valence-electron chi connectivity index (χ0n) is 13.4. The highest BCUT2D eigenvalue weighted by Crippen LogP contribution is 2.27. The molecule has 3 rings (SSSR count). The standard InChI is InChI=1S/C15H17N5O3S/c1-22-11-4-3-10(7-12(11)23-2)8-13(21)16-6-5-14-19-20-9-17-18-15(20)24-14/h3-4,7,9H,5-6,8H2,1-2H3,(H,16,21). The summed E-state index contributed by atoms with van der Waals surface area (Å²) in [7, 11) is 3.15. The van der Waals surface area contributed by atoms with Gasteiger partial charge in [0.1, 0.15) is 11.3 Å². The first-order valence-electron chi connectivity index (χ1n) is 7.33. The molecular weight excluding hydrogens is 330 g/mol. The molecule has 126 valence electrons. The van der Waals surface area contributed by atoms with Crippen LogP contribution in [0.2, 0.25) is 0 Å². The molecule has 3 aromatic rings. The average Bonchev–Trinajstić information content (AvgIpc) is 3.16. The number of rotatable bonds is 7. The molecule has 0 spiro atoms. The van der Waals surface area contributed by atoms with Crippen molar-refractivity contribution in [3.8, 4) is 11.5 Å². The summed E-state index contributed by atoms with van der Waals surface area (Å²) in [5.41, 5.74) is 0.865. The molecule has 0 saturated heterocycles. The van der Waals surface area contributed by atoms with Crippen LogP contribution >= 0.6 is 11.3 Å². The first-order chi connectivity index (χ1) is 11.7. The van der Waals surface area contributed by atoms with E-state index in [1.165, 1.54) is 11.3 Å². The van der Waals surface area contributed by atoms with Crippen LogP contribution in [0.4, 0.5) is 0 Å². The smallest absolute Gasteiger partial charge is 0.234 e. The molecule has 0 unspecified atom stereocenters. The minimum absolute atomic E-state index is 0.0507. The van der Waals surface area contributed by atoms with E-state index in [0.29, 0.717) is 24.5 Å². The van der Waals surface area contributed by atoms with Gasteiger partial charge in [0.05, 0.1) is 20.6 Å². The molecule has 9 heteroatoms. The number of nitrogens with zero attached hydrogens (tertiary/aromatic N) is 4. The fourth-order valence-electron chi connectivity index (χ4n) is 2.25. The first-order valence-corrected chi connectivity index (χ1v) is 8.14. The van der Waals surface area contributed by atoms with Crippen LogP contribution in [0, 0.1) is 0 Å². The molecule has 1 aromatic carbocycles. The van der Waals surface area contributed by atoms with Crippen molar-refractivity contribution in [3.05, 3.63) is 35.1 Å². The van der Waals surface area contributed by atoms with Gasteiger partial charge in [-0.2, -0.15) is 9.61 Å². The maximum Gasteiger partial charge on any atom is 0.234 e. The molecule has 0 saturated carbocycles. The van der Waals surface area contributed by atoms with Crippen LogP contribution in [-0.2, 0) is 17.6 Å². The predicted molar refractivity (Wildman–Crippen MR) is 88.6 cm³/mol. The third-order valence-corrected chi connectivity index (χ3v) is 4.37. The normalized spacial score (nSPS) is 10.8. The molecule has 0 aliphatic heterocycles. The van der Waals surface area contributed by atoms with E-state index >= 15 is 0 Å². The van der Waals surface area contributed by atoms with Gasteiger partial charge in [-0.05, 0) is 17.7 Å². The number of benzene rings is 1. The maximum absolute atomic E-state index is 12.1. The molecule has 0 radical (unpaired) electrons. The molecule has 0 aliphatic carbocycles. The highest BCUT2D eigenvalue weighted by Gasteiger charge is 2.09. The van der Waals surface area contributed by atoms with Gasteiger partial charge in [-0.3, -0.25) is 4.79 Å². The zero-order chi connectivity index (χ0) is 16.9. The molecule has 0 fully saturated rings. The van der Waals surface area contributed by atoms with E-state index in [0.717, 1.165) is 15.5 Å². The van der Waals surface area contributed by atoms with E-state index in [1.807, 2.05) is 6.07 Å². The van der Waals surface area contributed by atoms with Gasteiger partial charge >= 0.3 is 0 Å². The first kappa shape index (κ1) is 16.2. The molecule has 2 aromatic heterocycles. The second kappa shape index (κ2) is 7.26. The number of nitrogens with one attached hydrogen (secondary N) is 1. The Balaban J connectivity index is 1.51.